The first-order chi connectivity index (χ1) is 13.5. The molecule has 3 rings (SSSR count). The lowest BCUT2D eigenvalue weighted by atomic mass is 10.0. The Morgan fingerprint density at radius 2 is 1.50 bits per heavy atom. The smallest absolute Gasteiger partial charge is 0.349 e. The molecule has 0 aliphatic rings. The van der Waals surface area contributed by atoms with Crippen molar-refractivity contribution < 1.29 is 23.5 Å². The van der Waals surface area contributed by atoms with Gasteiger partial charge in [-0.25, -0.2) is 9.18 Å². The maximum Gasteiger partial charge on any atom is 0.349 e. The summed E-state index contributed by atoms with van der Waals surface area (Å²) in [4.78, 5) is 24.3. The molecule has 0 aliphatic carbocycles. The topological polar surface area (TPSA) is 52.6 Å². The number of benzene rings is 3. The van der Waals surface area contributed by atoms with Gasteiger partial charge in [0.25, 0.3) is 0 Å². The van der Waals surface area contributed by atoms with Crippen LogP contribution in [0.25, 0.3) is 0 Å². The largest absolute Gasteiger partial charge is 0.482 e. The van der Waals surface area contributed by atoms with Crippen molar-refractivity contribution in [1.29, 1.82) is 0 Å². The average molecular weight is 378 g/mol. The van der Waals surface area contributed by atoms with E-state index in [1.54, 1.807) is 18.2 Å². The fraction of sp³-hybridized carbons (Fsp3) is 0.130. The summed E-state index contributed by atoms with van der Waals surface area (Å²) in [5, 5.41) is 0. The number of rotatable bonds is 7. The molecular formula is C23H19FO4. The number of halogens is 1. The molecule has 3 aromatic rings. The number of carbonyl (C=O) groups is 2. The molecule has 0 saturated heterocycles. The van der Waals surface area contributed by atoms with Gasteiger partial charge in [-0.15, -0.1) is 0 Å². The van der Waals surface area contributed by atoms with Gasteiger partial charge in [-0.2, -0.15) is 0 Å². The van der Waals surface area contributed by atoms with Crippen molar-refractivity contribution >= 4 is 11.8 Å². The van der Waals surface area contributed by atoms with Crippen LogP contribution in [-0.4, -0.2) is 18.4 Å². The highest BCUT2D eigenvalue weighted by molar-refractivity contribution is 6.09. The summed E-state index contributed by atoms with van der Waals surface area (Å²) < 4.78 is 23.6. The van der Waals surface area contributed by atoms with Gasteiger partial charge < -0.3 is 9.47 Å². The van der Waals surface area contributed by atoms with Gasteiger partial charge in [-0.3, -0.25) is 4.79 Å². The van der Waals surface area contributed by atoms with E-state index < -0.39 is 11.8 Å². The predicted molar refractivity (Wildman–Crippen MR) is 103 cm³/mol. The Labute approximate surface area is 162 Å². The monoisotopic (exact) mass is 378 g/mol. The summed E-state index contributed by atoms with van der Waals surface area (Å²) in [5.74, 6) is -0.262. The van der Waals surface area contributed by atoms with Gasteiger partial charge in [-0.05, 0) is 72.6 Å². The van der Waals surface area contributed by atoms with Crippen molar-refractivity contribution in [3.8, 4) is 11.5 Å². The van der Waals surface area contributed by atoms with Crippen molar-refractivity contribution in [2.24, 2.45) is 0 Å². The van der Waals surface area contributed by atoms with Crippen molar-refractivity contribution in [2.45, 2.75) is 13.3 Å². The first-order valence-corrected chi connectivity index (χ1v) is 8.88. The zero-order valence-corrected chi connectivity index (χ0v) is 15.4. The Bertz CT molecular complexity index is 963. The summed E-state index contributed by atoms with van der Waals surface area (Å²) in [5.41, 5.74) is 1.92. The van der Waals surface area contributed by atoms with Crippen molar-refractivity contribution in [3.63, 3.8) is 0 Å². The minimum Gasteiger partial charge on any atom is -0.482 e. The third-order valence-electron chi connectivity index (χ3n) is 4.12. The molecule has 0 bridgehead atoms. The molecule has 0 radical (unpaired) electrons. The highest BCUT2D eigenvalue weighted by atomic mass is 19.1. The Morgan fingerprint density at radius 1 is 0.857 bits per heavy atom. The van der Waals surface area contributed by atoms with Crippen LogP contribution in [-0.2, 0) is 11.2 Å². The molecule has 142 valence electrons. The zero-order chi connectivity index (χ0) is 19.9. The zero-order valence-electron chi connectivity index (χ0n) is 15.4. The first-order valence-electron chi connectivity index (χ1n) is 8.88. The summed E-state index contributed by atoms with van der Waals surface area (Å²) in [6.07, 6.45) is 0.880. The highest BCUT2D eigenvalue weighted by Gasteiger charge is 2.11. The Balaban J connectivity index is 1.56. The first kappa shape index (κ1) is 19.3. The minimum atomic E-state index is -0.542. The third-order valence-corrected chi connectivity index (χ3v) is 4.12. The van der Waals surface area contributed by atoms with Crippen LogP contribution < -0.4 is 9.47 Å². The van der Waals surface area contributed by atoms with E-state index in [1.807, 2.05) is 25.1 Å². The van der Waals surface area contributed by atoms with E-state index in [0.717, 1.165) is 12.0 Å². The molecule has 0 N–H and O–H groups in total. The summed E-state index contributed by atoms with van der Waals surface area (Å²) in [6, 6.07) is 19.0. The van der Waals surface area contributed by atoms with Crippen LogP contribution in [0.2, 0.25) is 0 Å². The number of esters is 1. The van der Waals surface area contributed by atoms with Crippen LogP contribution in [0.1, 0.15) is 28.4 Å². The van der Waals surface area contributed by atoms with Gasteiger partial charge in [0.1, 0.15) is 17.3 Å². The molecule has 28 heavy (non-hydrogen) atoms. The molecule has 5 heteroatoms. The summed E-state index contributed by atoms with van der Waals surface area (Å²) in [6.45, 7) is 1.82. The van der Waals surface area contributed by atoms with Crippen LogP contribution in [0.5, 0.6) is 11.5 Å². The standard InChI is InChI=1S/C23H19FO4/c1-2-16-4-3-5-21(14-16)27-15-22(25)28-20-12-8-18(9-13-20)23(26)17-6-10-19(24)11-7-17/h3-14H,2,15H2,1H3. The fourth-order valence-electron chi connectivity index (χ4n) is 2.60. The lowest BCUT2D eigenvalue weighted by Gasteiger charge is -2.08. The normalized spacial score (nSPS) is 10.4. The minimum absolute atomic E-state index is 0.219. The molecule has 0 amide bonds. The second-order valence-corrected chi connectivity index (χ2v) is 6.12. The number of ketones is 1. The van der Waals surface area contributed by atoms with Gasteiger partial charge in [0.05, 0.1) is 0 Å². The number of aryl methyl sites for hydroxylation is 1. The fourth-order valence-corrected chi connectivity index (χ4v) is 2.60. The average Bonchev–Trinajstić information content (AvgIpc) is 2.73. The molecule has 0 unspecified atom stereocenters. The Hall–Kier alpha value is -3.47. The van der Waals surface area contributed by atoms with Crippen molar-refractivity contribution in [2.75, 3.05) is 6.61 Å². The van der Waals surface area contributed by atoms with E-state index in [2.05, 4.69) is 0 Å². The van der Waals surface area contributed by atoms with Crippen LogP contribution >= 0.6 is 0 Å². The molecule has 0 saturated carbocycles. The number of carbonyl (C=O) groups excluding carboxylic acids is 2. The molecule has 0 aromatic heterocycles. The van der Waals surface area contributed by atoms with Crippen LogP contribution in [0, 0.1) is 5.82 Å². The van der Waals surface area contributed by atoms with Crippen molar-refractivity contribution in [1.82, 2.24) is 0 Å². The second kappa shape index (κ2) is 8.95. The molecule has 4 nitrogen and oxygen atoms in total. The number of hydrogen-bond acceptors (Lipinski definition) is 4. The van der Waals surface area contributed by atoms with Crippen LogP contribution in [0.4, 0.5) is 4.39 Å². The maximum atomic E-state index is 13.0. The Kier molecular flexibility index (Phi) is 6.17. The lowest BCUT2D eigenvalue weighted by Crippen LogP contribution is -2.17. The summed E-state index contributed by atoms with van der Waals surface area (Å²) >= 11 is 0. The van der Waals surface area contributed by atoms with Gasteiger partial charge in [0, 0.05) is 11.1 Å². The van der Waals surface area contributed by atoms with E-state index >= 15 is 0 Å². The lowest BCUT2D eigenvalue weighted by molar-refractivity contribution is -0.136. The molecule has 0 fully saturated rings. The van der Waals surface area contributed by atoms with E-state index in [9.17, 15) is 14.0 Å². The predicted octanol–water partition coefficient (Wildman–Crippen LogP) is 4.60. The van der Waals surface area contributed by atoms with E-state index in [0.29, 0.717) is 22.6 Å². The van der Waals surface area contributed by atoms with Gasteiger partial charge in [0.15, 0.2) is 12.4 Å². The van der Waals surface area contributed by atoms with Crippen molar-refractivity contribution in [3.05, 3.63) is 95.3 Å². The third kappa shape index (κ3) is 5.04. The van der Waals surface area contributed by atoms with E-state index in [1.165, 1.54) is 36.4 Å². The Morgan fingerprint density at radius 3 is 2.14 bits per heavy atom. The molecular weight excluding hydrogens is 359 g/mol. The number of hydrogen-bond donors (Lipinski definition) is 0. The number of ether oxygens (including phenoxy) is 2. The highest BCUT2D eigenvalue weighted by Crippen LogP contribution is 2.17. The van der Waals surface area contributed by atoms with Crippen LogP contribution in [0.15, 0.2) is 72.8 Å². The van der Waals surface area contributed by atoms with E-state index in [4.69, 9.17) is 9.47 Å². The van der Waals surface area contributed by atoms with Gasteiger partial charge in [-0.1, -0.05) is 19.1 Å². The molecule has 0 spiro atoms. The maximum absolute atomic E-state index is 13.0. The summed E-state index contributed by atoms with van der Waals surface area (Å²) in [7, 11) is 0. The second-order valence-electron chi connectivity index (χ2n) is 6.12. The molecule has 3 aromatic carbocycles. The SMILES string of the molecule is CCc1cccc(OCC(=O)Oc2ccc(C(=O)c3ccc(F)cc3)cc2)c1. The van der Waals surface area contributed by atoms with Gasteiger partial charge >= 0.3 is 5.97 Å². The molecule has 0 heterocycles. The quantitative estimate of drug-likeness (QED) is 0.342. The van der Waals surface area contributed by atoms with E-state index in [-0.39, 0.29) is 12.4 Å². The molecule has 0 atom stereocenters. The van der Waals surface area contributed by atoms with Gasteiger partial charge in [0.2, 0.25) is 0 Å². The molecule has 0 aliphatic heterocycles. The van der Waals surface area contributed by atoms with Crippen LogP contribution in [0.3, 0.4) is 0 Å².